The van der Waals surface area contributed by atoms with Gasteiger partial charge in [0.25, 0.3) is 5.91 Å². The highest BCUT2D eigenvalue weighted by Crippen LogP contribution is 2.32. The Bertz CT molecular complexity index is 805. The van der Waals surface area contributed by atoms with Crippen LogP contribution in [0.1, 0.15) is 11.1 Å². The fraction of sp³-hybridized carbons (Fsp3) is 0.118. The van der Waals surface area contributed by atoms with E-state index in [0.717, 1.165) is 5.56 Å². The number of carboxylic acid groups (broad SMARTS) is 1. The van der Waals surface area contributed by atoms with Crippen molar-refractivity contribution in [1.82, 2.24) is 10.7 Å². The second kappa shape index (κ2) is 9.35. The molecule has 0 heterocycles. The van der Waals surface area contributed by atoms with Crippen LogP contribution in [0, 0.1) is 0 Å². The summed E-state index contributed by atoms with van der Waals surface area (Å²) in [5.74, 6) is -0.524. The molecule has 0 bridgehead atoms. The summed E-state index contributed by atoms with van der Waals surface area (Å²) in [6, 6.07) is 11.3. The summed E-state index contributed by atoms with van der Waals surface area (Å²) in [6.07, 6.45) is 0.286. The van der Waals surface area contributed by atoms with Crippen molar-refractivity contribution >= 4 is 50.1 Å². The van der Waals surface area contributed by atoms with Crippen LogP contribution in [0.25, 0.3) is 0 Å². The van der Waals surface area contributed by atoms with Crippen LogP contribution in [0.15, 0.2) is 56.5 Å². The zero-order valence-corrected chi connectivity index (χ0v) is 16.5. The van der Waals surface area contributed by atoms with Crippen molar-refractivity contribution in [2.45, 2.75) is 12.5 Å². The molecule has 7 nitrogen and oxygen atoms in total. The summed E-state index contributed by atoms with van der Waals surface area (Å²) in [5, 5.41) is 24.6. The highest BCUT2D eigenvalue weighted by molar-refractivity contribution is 9.11. The van der Waals surface area contributed by atoms with Gasteiger partial charge in [-0.25, -0.2) is 10.2 Å². The predicted octanol–water partition coefficient (Wildman–Crippen LogP) is 3.25. The zero-order chi connectivity index (χ0) is 19.1. The van der Waals surface area contributed by atoms with Crippen LogP contribution in [0.5, 0.6) is 5.75 Å². The minimum atomic E-state index is -1.29. The molecule has 2 rings (SSSR count). The Hall–Kier alpha value is -2.39. The van der Waals surface area contributed by atoms with Crippen LogP contribution < -0.4 is 10.7 Å². The summed E-state index contributed by atoms with van der Waals surface area (Å²) in [7, 11) is 0. The zero-order valence-electron chi connectivity index (χ0n) is 13.3. The molecule has 0 spiro atoms. The molecule has 0 aliphatic carbocycles. The topological polar surface area (TPSA) is 111 Å². The maximum atomic E-state index is 12.3. The number of amides is 2. The van der Waals surface area contributed by atoms with Gasteiger partial charge in [0, 0.05) is 6.42 Å². The van der Waals surface area contributed by atoms with E-state index in [9.17, 15) is 14.7 Å². The molecular formula is C17H15Br2N3O4. The van der Waals surface area contributed by atoms with Crippen LogP contribution >= 0.6 is 31.9 Å². The normalized spacial score (nSPS) is 11.9. The average Bonchev–Trinajstić information content (AvgIpc) is 2.59. The van der Waals surface area contributed by atoms with Crippen LogP contribution in [0.2, 0.25) is 0 Å². The number of hydrogen-bond acceptors (Lipinski definition) is 4. The Balaban J connectivity index is 2.05. The lowest BCUT2D eigenvalue weighted by Gasteiger charge is -2.15. The van der Waals surface area contributed by atoms with Crippen molar-refractivity contribution in [2.24, 2.45) is 5.10 Å². The van der Waals surface area contributed by atoms with E-state index in [4.69, 9.17) is 5.11 Å². The number of nitrogens with one attached hydrogen (secondary N) is 2. The van der Waals surface area contributed by atoms with E-state index in [1.54, 1.807) is 24.3 Å². The average molecular weight is 485 g/mol. The molecule has 4 N–H and O–H groups in total. The standard InChI is InChI=1S/C17H15Br2N3O4/c18-12-6-11(7-13(19)15(12)23)9-20-22-16(24)14(21-17(25)26)8-10-4-2-1-3-5-10/h1-7,9,14,21,23H,8H2,(H,22,24)(H,25,26). The van der Waals surface area contributed by atoms with Crippen molar-refractivity contribution < 1.29 is 19.8 Å². The molecule has 0 aliphatic rings. The molecule has 0 saturated heterocycles. The summed E-state index contributed by atoms with van der Waals surface area (Å²) >= 11 is 6.40. The summed E-state index contributed by atoms with van der Waals surface area (Å²) in [5.41, 5.74) is 3.76. The second-order valence-corrected chi connectivity index (χ2v) is 6.97. The van der Waals surface area contributed by atoms with Gasteiger partial charge in [-0.05, 0) is 55.1 Å². The van der Waals surface area contributed by atoms with Crippen LogP contribution in [-0.2, 0) is 11.2 Å². The van der Waals surface area contributed by atoms with Gasteiger partial charge in [-0.1, -0.05) is 30.3 Å². The van der Waals surface area contributed by atoms with Gasteiger partial charge in [0.1, 0.15) is 11.8 Å². The van der Waals surface area contributed by atoms with E-state index in [1.807, 2.05) is 18.2 Å². The first kappa shape index (κ1) is 19.9. The fourth-order valence-electron chi connectivity index (χ4n) is 2.12. The van der Waals surface area contributed by atoms with Gasteiger partial charge in [-0.15, -0.1) is 0 Å². The predicted molar refractivity (Wildman–Crippen MR) is 104 cm³/mol. The van der Waals surface area contributed by atoms with Gasteiger partial charge in [0.2, 0.25) is 0 Å². The van der Waals surface area contributed by atoms with Crippen molar-refractivity contribution in [2.75, 3.05) is 0 Å². The van der Waals surface area contributed by atoms with Crippen molar-refractivity contribution in [3.8, 4) is 5.75 Å². The third-order valence-corrected chi connectivity index (χ3v) is 4.53. The Morgan fingerprint density at radius 3 is 2.35 bits per heavy atom. The third kappa shape index (κ3) is 5.85. The first-order valence-corrected chi connectivity index (χ1v) is 8.99. The maximum absolute atomic E-state index is 12.3. The summed E-state index contributed by atoms with van der Waals surface area (Å²) in [4.78, 5) is 23.2. The van der Waals surface area contributed by atoms with Gasteiger partial charge in [-0.3, -0.25) is 4.79 Å². The highest BCUT2D eigenvalue weighted by Gasteiger charge is 2.20. The van der Waals surface area contributed by atoms with Crippen LogP contribution in [0.4, 0.5) is 4.79 Å². The minimum absolute atomic E-state index is 0.0553. The second-order valence-electron chi connectivity index (χ2n) is 5.26. The smallest absolute Gasteiger partial charge is 0.405 e. The number of phenols is 1. The highest BCUT2D eigenvalue weighted by atomic mass is 79.9. The molecule has 2 amide bonds. The lowest BCUT2D eigenvalue weighted by molar-refractivity contribution is -0.123. The number of phenolic OH excluding ortho intramolecular Hbond substituents is 1. The molecule has 0 aromatic heterocycles. The maximum Gasteiger partial charge on any atom is 0.405 e. The third-order valence-electron chi connectivity index (χ3n) is 3.32. The molecule has 1 unspecified atom stereocenters. The van der Waals surface area contributed by atoms with E-state index >= 15 is 0 Å². The fourth-order valence-corrected chi connectivity index (χ4v) is 3.34. The van der Waals surface area contributed by atoms with Crippen molar-refractivity contribution in [1.29, 1.82) is 0 Å². The number of aromatic hydroxyl groups is 1. The van der Waals surface area contributed by atoms with E-state index in [1.165, 1.54) is 6.21 Å². The molecule has 0 radical (unpaired) electrons. The number of halogens is 2. The Morgan fingerprint density at radius 1 is 1.15 bits per heavy atom. The van der Waals surface area contributed by atoms with Gasteiger partial charge < -0.3 is 15.5 Å². The molecule has 2 aromatic carbocycles. The van der Waals surface area contributed by atoms with Crippen LogP contribution in [0.3, 0.4) is 0 Å². The molecule has 9 heteroatoms. The lowest BCUT2D eigenvalue weighted by atomic mass is 10.1. The molecule has 2 aromatic rings. The Labute approximate surface area is 166 Å². The molecule has 0 saturated carbocycles. The van der Waals surface area contributed by atoms with Gasteiger partial charge in [-0.2, -0.15) is 5.10 Å². The van der Waals surface area contributed by atoms with Crippen LogP contribution in [-0.4, -0.2) is 34.5 Å². The number of nitrogens with zero attached hydrogens (tertiary/aromatic N) is 1. The number of hydrazone groups is 1. The molecule has 26 heavy (non-hydrogen) atoms. The number of benzene rings is 2. The van der Waals surface area contributed by atoms with Gasteiger partial charge in [0.15, 0.2) is 0 Å². The monoisotopic (exact) mass is 483 g/mol. The number of carbonyl (C=O) groups excluding carboxylic acids is 1. The Kier molecular flexibility index (Phi) is 7.16. The van der Waals surface area contributed by atoms with Gasteiger partial charge >= 0.3 is 6.09 Å². The Morgan fingerprint density at radius 2 is 1.77 bits per heavy atom. The van der Waals surface area contributed by atoms with E-state index in [2.05, 4.69) is 47.7 Å². The quantitative estimate of drug-likeness (QED) is 0.372. The van der Waals surface area contributed by atoms with E-state index in [0.29, 0.717) is 14.5 Å². The lowest BCUT2D eigenvalue weighted by Crippen LogP contribution is -2.46. The van der Waals surface area contributed by atoms with E-state index < -0.39 is 18.0 Å². The molecule has 0 fully saturated rings. The molecule has 1 atom stereocenters. The summed E-state index contributed by atoms with van der Waals surface area (Å²) < 4.78 is 0.934. The number of hydrogen-bond donors (Lipinski definition) is 4. The molecule has 0 aliphatic heterocycles. The summed E-state index contributed by atoms with van der Waals surface area (Å²) in [6.45, 7) is 0. The molecule has 136 valence electrons. The van der Waals surface area contributed by atoms with Crippen molar-refractivity contribution in [3.63, 3.8) is 0 Å². The van der Waals surface area contributed by atoms with Crippen molar-refractivity contribution in [3.05, 3.63) is 62.5 Å². The number of carbonyl (C=O) groups is 2. The van der Waals surface area contributed by atoms with Gasteiger partial charge in [0.05, 0.1) is 15.2 Å². The number of rotatable bonds is 6. The first-order valence-electron chi connectivity index (χ1n) is 7.41. The largest absolute Gasteiger partial charge is 0.506 e. The molecular weight excluding hydrogens is 470 g/mol. The minimum Gasteiger partial charge on any atom is -0.506 e. The van der Waals surface area contributed by atoms with E-state index in [-0.39, 0.29) is 12.2 Å². The first-order chi connectivity index (χ1) is 12.4. The SMILES string of the molecule is O=C(O)NC(Cc1ccccc1)C(=O)NN=Cc1cc(Br)c(O)c(Br)c1.